The molecule has 5 rings (SSSR count). The Labute approximate surface area is 158 Å². The molecule has 0 radical (unpaired) electrons. The lowest BCUT2D eigenvalue weighted by molar-refractivity contribution is 0.406. The number of pyridine rings is 1. The molecular weight excluding hydrogens is 340 g/mol. The maximum absolute atomic E-state index is 5.61. The highest BCUT2D eigenvalue weighted by molar-refractivity contribution is 5.49. The molecule has 3 aromatic rings. The number of ether oxygens (including phenoxy) is 1. The summed E-state index contributed by atoms with van der Waals surface area (Å²) in [6.45, 7) is 6.16. The van der Waals surface area contributed by atoms with E-state index in [1.165, 1.54) is 12.8 Å². The van der Waals surface area contributed by atoms with Crippen LogP contribution in [0.2, 0.25) is 0 Å². The highest BCUT2D eigenvalue weighted by Gasteiger charge is 2.45. The molecule has 1 aliphatic carbocycles. The van der Waals surface area contributed by atoms with Gasteiger partial charge in [0, 0.05) is 31.1 Å². The molecule has 140 valence electrons. The van der Waals surface area contributed by atoms with Gasteiger partial charge in [0.2, 0.25) is 0 Å². The molecule has 2 aliphatic rings. The van der Waals surface area contributed by atoms with Crippen molar-refractivity contribution in [2.24, 2.45) is 0 Å². The zero-order valence-electron chi connectivity index (χ0n) is 16.0. The number of anilines is 1. The molecule has 2 unspecified atom stereocenters. The minimum atomic E-state index is 0.291. The predicted molar refractivity (Wildman–Crippen MR) is 103 cm³/mol. The van der Waals surface area contributed by atoms with Gasteiger partial charge >= 0.3 is 0 Å². The fourth-order valence-electron chi connectivity index (χ4n) is 4.06. The summed E-state index contributed by atoms with van der Waals surface area (Å²) in [4.78, 5) is 16.5. The molecule has 7 heteroatoms. The van der Waals surface area contributed by atoms with E-state index < -0.39 is 0 Å². The van der Waals surface area contributed by atoms with Crippen LogP contribution in [-0.2, 0) is 0 Å². The molecule has 0 spiro atoms. The smallest absolute Gasteiger partial charge is 0.177 e. The molecule has 0 N–H and O–H groups in total. The zero-order valence-corrected chi connectivity index (χ0v) is 16.0. The normalized spacial score (nSPS) is 21.8. The first-order valence-electron chi connectivity index (χ1n) is 9.64. The summed E-state index contributed by atoms with van der Waals surface area (Å²) >= 11 is 0. The summed E-state index contributed by atoms with van der Waals surface area (Å²) in [5.41, 5.74) is 3.79. The van der Waals surface area contributed by atoms with Crippen molar-refractivity contribution >= 4 is 11.5 Å². The second-order valence-corrected chi connectivity index (χ2v) is 7.59. The van der Waals surface area contributed by atoms with Gasteiger partial charge < -0.3 is 9.64 Å². The molecule has 0 aromatic carbocycles. The Morgan fingerprint density at radius 3 is 2.63 bits per heavy atom. The van der Waals surface area contributed by atoms with Crippen molar-refractivity contribution in [1.82, 2.24) is 24.6 Å². The number of hydrogen-bond donors (Lipinski definition) is 0. The van der Waals surface area contributed by atoms with Crippen molar-refractivity contribution in [2.75, 3.05) is 25.1 Å². The first kappa shape index (κ1) is 16.5. The van der Waals surface area contributed by atoms with Crippen LogP contribution >= 0.6 is 0 Å². The summed E-state index contributed by atoms with van der Waals surface area (Å²) in [6, 6.07) is 4.13. The molecule has 1 saturated carbocycles. The predicted octanol–water partition coefficient (Wildman–Crippen LogP) is 3.02. The van der Waals surface area contributed by atoms with Crippen LogP contribution in [0.15, 0.2) is 18.3 Å². The van der Waals surface area contributed by atoms with Crippen molar-refractivity contribution in [3.8, 4) is 5.75 Å². The number of fused-ring (bicyclic) bond motifs is 1. The molecule has 27 heavy (non-hydrogen) atoms. The van der Waals surface area contributed by atoms with E-state index in [0.717, 1.165) is 59.6 Å². The van der Waals surface area contributed by atoms with Crippen molar-refractivity contribution in [3.63, 3.8) is 0 Å². The number of aryl methyl sites for hydroxylation is 2. The van der Waals surface area contributed by atoms with E-state index in [-0.39, 0.29) is 0 Å². The third-order valence-corrected chi connectivity index (χ3v) is 5.72. The van der Waals surface area contributed by atoms with Gasteiger partial charge in [-0.1, -0.05) is 0 Å². The first-order chi connectivity index (χ1) is 13.2. The number of nitrogens with zero attached hydrogens (tertiary/aromatic N) is 6. The molecule has 2 atom stereocenters. The topological polar surface area (TPSA) is 68.4 Å². The fourth-order valence-corrected chi connectivity index (χ4v) is 4.06. The third-order valence-electron chi connectivity index (χ3n) is 5.72. The highest BCUT2D eigenvalue weighted by atomic mass is 16.5. The summed E-state index contributed by atoms with van der Waals surface area (Å²) in [7, 11) is 1.72. The second-order valence-electron chi connectivity index (χ2n) is 7.59. The number of methoxy groups -OCH3 is 1. The Hall–Kier alpha value is -2.70. The van der Waals surface area contributed by atoms with Crippen molar-refractivity contribution in [3.05, 3.63) is 41.2 Å². The average molecular weight is 364 g/mol. The first-order valence-corrected chi connectivity index (χ1v) is 9.64. The van der Waals surface area contributed by atoms with Gasteiger partial charge in [0.25, 0.3) is 0 Å². The number of rotatable bonds is 4. The van der Waals surface area contributed by atoms with Crippen molar-refractivity contribution in [1.29, 1.82) is 0 Å². The standard InChI is InChI=1S/C20H24N6O/c1-12-11-21-13(2)20-23-19(24-26(12)20)15-10-14(15)18-16(27-3)6-7-17(22-18)25-8-4-5-9-25/h6-7,11,14-15H,4-5,8-10H2,1-3H3. The van der Waals surface area contributed by atoms with Gasteiger partial charge in [-0.25, -0.2) is 14.5 Å². The quantitative estimate of drug-likeness (QED) is 0.709. The van der Waals surface area contributed by atoms with Crippen molar-refractivity contribution in [2.45, 2.75) is 44.9 Å². The monoisotopic (exact) mass is 364 g/mol. The maximum atomic E-state index is 5.61. The Morgan fingerprint density at radius 1 is 1.07 bits per heavy atom. The molecule has 7 nitrogen and oxygen atoms in total. The van der Waals surface area contributed by atoms with Gasteiger partial charge in [-0.2, -0.15) is 5.10 Å². The summed E-state index contributed by atoms with van der Waals surface area (Å²) in [5.74, 6) is 3.41. The van der Waals surface area contributed by atoms with Gasteiger partial charge in [0.15, 0.2) is 11.5 Å². The van der Waals surface area contributed by atoms with Crippen LogP contribution < -0.4 is 9.64 Å². The Morgan fingerprint density at radius 2 is 1.89 bits per heavy atom. The lowest BCUT2D eigenvalue weighted by Gasteiger charge is -2.18. The van der Waals surface area contributed by atoms with Gasteiger partial charge in [0.05, 0.1) is 24.2 Å². The number of aromatic nitrogens is 5. The van der Waals surface area contributed by atoms with Crippen LogP contribution in [0.5, 0.6) is 5.75 Å². The van der Waals surface area contributed by atoms with Crippen LogP contribution in [0.3, 0.4) is 0 Å². The maximum Gasteiger partial charge on any atom is 0.177 e. The molecular formula is C20H24N6O. The summed E-state index contributed by atoms with van der Waals surface area (Å²) < 4.78 is 7.51. The molecule has 0 bridgehead atoms. The minimum absolute atomic E-state index is 0.291. The van der Waals surface area contributed by atoms with E-state index in [0.29, 0.717) is 11.8 Å². The third kappa shape index (κ3) is 2.72. The van der Waals surface area contributed by atoms with Gasteiger partial charge in [-0.3, -0.25) is 4.98 Å². The molecule has 4 heterocycles. The van der Waals surface area contributed by atoms with E-state index in [4.69, 9.17) is 19.8 Å². The average Bonchev–Trinajstić information content (AvgIpc) is 3.10. The largest absolute Gasteiger partial charge is 0.495 e. The van der Waals surface area contributed by atoms with E-state index >= 15 is 0 Å². The van der Waals surface area contributed by atoms with Crippen LogP contribution in [0.25, 0.3) is 5.65 Å². The molecule has 1 aliphatic heterocycles. The lowest BCUT2D eigenvalue weighted by Crippen LogP contribution is -2.19. The van der Waals surface area contributed by atoms with Gasteiger partial charge in [-0.15, -0.1) is 0 Å². The van der Waals surface area contributed by atoms with Gasteiger partial charge in [-0.05, 0) is 45.2 Å². The highest BCUT2D eigenvalue weighted by Crippen LogP contribution is 2.55. The van der Waals surface area contributed by atoms with Gasteiger partial charge in [0.1, 0.15) is 11.6 Å². The minimum Gasteiger partial charge on any atom is -0.495 e. The van der Waals surface area contributed by atoms with Crippen molar-refractivity contribution < 1.29 is 4.74 Å². The Bertz CT molecular complexity index is 968. The summed E-state index contributed by atoms with van der Waals surface area (Å²) in [5, 5.41) is 4.75. The fraction of sp³-hybridized carbons (Fsp3) is 0.500. The molecule has 0 amide bonds. The van der Waals surface area contributed by atoms with E-state index in [1.807, 2.05) is 24.6 Å². The molecule has 3 aromatic heterocycles. The Kier molecular flexibility index (Phi) is 3.77. The van der Waals surface area contributed by atoms with E-state index in [2.05, 4.69) is 22.0 Å². The SMILES string of the molecule is COc1ccc(N2CCCC2)nc1C1CC1c1nc2c(C)ncc(C)n2n1. The molecule has 2 fully saturated rings. The lowest BCUT2D eigenvalue weighted by atomic mass is 10.2. The van der Waals surface area contributed by atoms with E-state index in [1.54, 1.807) is 7.11 Å². The molecule has 1 saturated heterocycles. The van der Waals surface area contributed by atoms with E-state index in [9.17, 15) is 0 Å². The second kappa shape index (κ2) is 6.18. The number of hydrogen-bond acceptors (Lipinski definition) is 6. The zero-order chi connectivity index (χ0) is 18.5. The Balaban J connectivity index is 1.48. The van der Waals surface area contributed by atoms with Crippen LogP contribution in [0.4, 0.5) is 5.82 Å². The van der Waals surface area contributed by atoms with Crippen LogP contribution in [0.1, 0.15) is 54.0 Å². The van der Waals surface area contributed by atoms with Crippen LogP contribution in [0, 0.1) is 13.8 Å². The van der Waals surface area contributed by atoms with Crippen LogP contribution in [-0.4, -0.2) is 44.8 Å². The summed E-state index contributed by atoms with van der Waals surface area (Å²) in [6.07, 6.45) is 5.34.